The topological polar surface area (TPSA) is 79.3 Å². The number of carbonyl (C=O) groups is 2. The molecule has 2 fully saturated rings. The molecule has 192 valence electrons. The van der Waals surface area contributed by atoms with Crippen LogP contribution in [0.3, 0.4) is 0 Å². The molecule has 2 aliphatic heterocycles. The molecule has 2 saturated heterocycles. The summed E-state index contributed by atoms with van der Waals surface area (Å²) in [5.41, 5.74) is 4.03. The highest BCUT2D eigenvalue weighted by atomic mass is 16.6. The van der Waals surface area contributed by atoms with Crippen molar-refractivity contribution in [1.82, 2.24) is 9.80 Å². The molecule has 1 spiro atoms. The number of hydrogen-bond acceptors (Lipinski definition) is 5. The van der Waals surface area contributed by atoms with E-state index in [0.717, 1.165) is 12.8 Å². The van der Waals surface area contributed by atoms with E-state index in [1.807, 2.05) is 45.0 Å². The van der Waals surface area contributed by atoms with Gasteiger partial charge in [-0.25, -0.2) is 9.59 Å². The van der Waals surface area contributed by atoms with Gasteiger partial charge in [-0.3, -0.25) is 0 Å². The standard InChI is InChI=1S/C29H36N2O5/c1-28(2,3)36-27(34)30-14-12-29(13-15-30)19-31(16-20(29)17-32)26(33)35-18-25-23-10-6-4-8-21(23)22-9-5-7-11-24(22)25/h4-11,20,25,32H,12-19H2,1-3H3. The molecule has 0 aromatic heterocycles. The first-order valence-corrected chi connectivity index (χ1v) is 12.9. The molecule has 7 heteroatoms. The van der Waals surface area contributed by atoms with Crippen molar-refractivity contribution >= 4 is 12.2 Å². The lowest BCUT2D eigenvalue weighted by Gasteiger charge is -2.42. The number of nitrogens with zero attached hydrogens (tertiary/aromatic N) is 2. The molecule has 0 bridgehead atoms. The lowest BCUT2D eigenvalue weighted by molar-refractivity contribution is 0.00169. The van der Waals surface area contributed by atoms with E-state index in [9.17, 15) is 14.7 Å². The summed E-state index contributed by atoms with van der Waals surface area (Å²) in [6, 6.07) is 16.6. The number of aliphatic hydroxyl groups is 1. The molecule has 1 unspecified atom stereocenters. The Morgan fingerprint density at radius 3 is 2.08 bits per heavy atom. The number of likely N-dealkylation sites (tertiary alicyclic amines) is 2. The molecule has 7 nitrogen and oxygen atoms in total. The van der Waals surface area contributed by atoms with Gasteiger partial charge in [0.25, 0.3) is 0 Å². The van der Waals surface area contributed by atoms with Gasteiger partial charge in [-0.2, -0.15) is 0 Å². The van der Waals surface area contributed by atoms with Crippen LogP contribution in [0.1, 0.15) is 50.7 Å². The van der Waals surface area contributed by atoms with Gasteiger partial charge in [-0.05, 0) is 61.3 Å². The fraction of sp³-hybridized carbons (Fsp3) is 0.517. The zero-order chi connectivity index (χ0) is 25.5. The number of ether oxygens (including phenoxy) is 2. The number of rotatable bonds is 3. The maximum absolute atomic E-state index is 13.2. The number of amides is 2. The van der Waals surface area contributed by atoms with Crippen LogP contribution < -0.4 is 0 Å². The summed E-state index contributed by atoms with van der Waals surface area (Å²) >= 11 is 0. The largest absolute Gasteiger partial charge is 0.448 e. The van der Waals surface area contributed by atoms with Gasteiger partial charge < -0.3 is 24.4 Å². The third kappa shape index (κ3) is 4.57. The maximum Gasteiger partial charge on any atom is 0.410 e. The van der Waals surface area contributed by atoms with Crippen molar-refractivity contribution in [3.05, 3.63) is 59.7 Å². The summed E-state index contributed by atoms with van der Waals surface area (Å²) in [7, 11) is 0. The molecule has 36 heavy (non-hydrogen) atoms. The van der Waals surface area contributed by atoms with Gasteiger partial charge >= 0.3 is 12.2 Å². The second kappa shape index (κ2) is 9.43. The molecule has 0 radical (unpaired) electrons. The quantitative estimate of drug-likeness (QED) is 0.661. The molecular weight excluding hydrogens is 456 g/mol. The number of carbonyl (C=O) groups excluding carboxylic acids is 2. The molecule has 3 aliphatic rings. The van der Waals surface area contributed by atoms with E-state index in [-0.39, 0.29) is 42.7 Å². The summed E-state index contributed by atoms with van der Waals surface area (Å²) < 4.78 is 11.4. The number of hydrogen-bond donors (Lipinski definition) is 1. The van der Waals surface area contributed by atoms with Crippen LogP contribution in [0, 0.1) is 11.3 Å². The third-order valence-electron chi connectivity index (χ3n) is 8.04. The predicted molar refractivity (Wildman–Crippen MR) is 137 cm³/mol. The van der Waals surface area contributed by atoms with E-state index in [1.165, 1.54) is 22.3 Å². The maximum atomic E-state index is 13.2. The van der Waals surface area contributed by atoms with Crippen molar-refractivity contribution in [2.45, 2.75) is 45.1 Å². The van der Waals surface area contributed by atoms with Gasteiger partial charge in [0.05, 0.1) is 0 Å². The van der Waals surface area contributed by atoms with Gasteiger partial charge in [0.1, 0.15) is 12.2 Å². The molecule has 1 aliphatic carbocycles. The molecule has 2 heterocycles. The molecule has 0 saturated carbocycles. The van der Waals surface area contributed by atoms with Crippen LogP contribution in [0.5, 0.6) is 0 Å². The van der Waals surface area contributed by atoms with Crippen molar-refractivity contribution in [2.24, 2.45) is 11.3 Å². The second-order valence-electron chi connectivity index (χ2n) is 11.4. The Morgan fingerprint density at radius 2 is 1.53 bits per heavy atom. The van der Waals surface area contributed by atoms with E-state index in [4.69, 9.17) is 9.47 Å². The Kier molecular flexibility index (Phi) is 6.45. The SMILES string of the molecule is CC(C)(C)OC(=O)N1CCC2(CC1)CN(C(=O)OCC1c3ccccc3-c3ccccc31)CC2CO. The van der Waals surface area contributed by atoms with Gasteiger partial charge in [-0.15, -0.1) is 0 Å². The fourth-order valence-electron chi connectivity index (χ4n) is 6.14. The Morgan fingerprint density at radius 1 is 0.944 bits per heavy atom. The van der Waals surface area contributed by atoms with Gasteiger partial charge in [-0.1, -0.05) is 48.5 Å². The lowest BCUT2D eigenvalue weighted by Crippen LogP contribution is -2.48. The van der Waals surface area contributed by atoms with Crippen LogP contribution in [0.4, 0.5) is 9.59 Å². The van der Waals surface area contributed by atoms with Crippen molar-refractivity contribution in [1.29, 1.82) is 0 Å². The normalized spacial score (nSPS) is 20.8. The van der Waals surface area contributed by atoms with Crippen molar-refractivity contribution in [2.75, 3.05) is 39.4 Å². The second-order valence-corrected chi connectivity index (χ2v) is 11.4. The summed E-state index contributed by atoms with van der Waals surface area (Å²) in [6.45, 7) is 8.01. The van der Waals surface area contributed by atoms with Crippen LogP contribution in [0.15, 0.2) is 48.5 Å². The lowest BCUT2D eigenvalue weighted by atomic mass is 9.71. The average Bonchev–Trinajstić information content (AvgIpc) is 3.37. The minimum absolute atomic E-state index is 0.0135. The van der Waals surface area contributed by atoms with Crippen LogP contribution in [-0.4, -0.2) is 72.1 Å². The minimum atomic E-state index is -0.534. The van der Waals surface area contributed by atoms with Gasteiger partial charge in [0, 0.05) is 44.6 Å². The van der Waals surface area contributed by atoms with Crippen LogP contribution in [0.2, 0.25) is 0 Å². The van der Waals surface area contributed by atoms with E-state index in [0.29, 0.717) is 26.2 Å². The smallest absolute Gasteiger partial charge is 0.410 e. The Balaban J connectivity index is 1.22. The van der Waals surface area contributed by atoms with Crippen molar-refractivity contribution in [3.8, 4) is 11.1 Å². The molecule has 2 aromatic rings. The fourth-order valence-corrected chi connectivity index (χ4v) is 6.14. The van der Waals surface area contributed by atoms with E-state index < -0.39 is 5.60 Å². The average molecular weight is 493 g/mol. The summed E-state index contributed by atoms with van der Waals surface area (Å²) in [6.07, 6.45) is 0.820. The Labute approximate surface area is 213 Å². The molecule has 1 atom stereocenters. The highest BCUT2D eigenvalue weighted by Gasteiger charge is 2.50. The van der Waals surface area contributed by atoms with Crippen LogP contribution in [-0.2, 0) is 9.47 Å². The van der Waals surface area contributed by atoms with Crippen LogP contribution in [0.25, 0.3) is 11.1 Å². The zero-order valence-electron chi connectivity index (χ0n) is 21.4. The van der Waals surface area contributed by atoms with Crippen molar-refractivity contribution < 1.29 is 24.2 Å². The van der Waals surface area contributed by atoms with Crippen molar-refractivity contribution in [3.63, 3.8) is 0 Å². The molecule has 5 rings (SSSR count). The predicted octanol–water partition coefficient (Wildman–Crippen LogP) is 4.88. The number of fused-ring (bicyclic) bond motifs is 3. The Bertz CT molecular complexity index is 1090. The summed E-state index contributed by atoms with van der Waals surface area (Å²) in [5.74, 6) is -0.0117. The van der Waals surface area contributed by atoms with E-state index >= 15 is 0 Å². The Hall–Kier alpha value is -3.06. The highest BCUT2D eigenvalue weighted by molar-refractivity contribution is 5.79. The van der Waals surface area contributed by atoms with E-state index in [1.54, 1.807) is 9.80 Å². The molecule has 1 N–H and O–H groups in total. The third-order valence-corrected chi connectivity index (χ3v) is 8.04. The van der Waals surface area contributed by atoms with E-state index in [2.05, 4.69) is 24.3 Å². The minimum Gasteiger partial charge on any atom is -0.448 e. The molecule has 2 aromatic carbocycles. The monoisotopic (exact) mass is 492 g/mol. The first-order chi connectivity index (χ1) is 17.2. The number of piperidine rings is 1. The summed E-state index contributed by atoms with van der Waals surface area (Å²) in [4.78, 5) is 29.2. The first kappa shape index (κ1) is 24.6. The molecular formula is C29H36N2O5. The van der Waals surface area contributed by atoms with Gasteiger partial charge in [0.2, 0.25) is 0 Å². The zero-order valence-corrected chi connectivity index (χ0v) is 21.4. The molecule has 2 amide bonds. The highest BCUT2D eigenvalue weighted by Crippen LogP contribution is 2.46. The number of aliphatic hydroxyl groups excluding tert-OH is 1. The number of benzene rings is 2. The first-order valence-electron chi connectivity index (χ1n) is 12.9. The van der Waals surface area contributed by atoms with Crippen LogP contribution >= 0.6 is 0 Å². The summed E-state index contributed by atoms with van der Waals surface area (Å²) in [5, 5.41) is 10.1. The van der Waals surface area contributed by atoms with Gasteiger partial charge in [0.15, 0.2) is 0 Å².